The van der Waals surface area contributed by atoms with Gasteiger partial charge in [0, 0.05) is 6.42 Å². The number of unbranched alkanes of at least 4 members (excludes halogenated alkanes) is 7. The maximum atomic E-state index is 11.9. The molecule has 0 bridgehead atoms. The molecular formula is C18H28N2O2. The van der Waals surface area contributed by atoms with Crippen LogP contribution in [0, 0.1) is 0 Å². The quantitative estimate of drug-likeness (QED) is 0.600. The first-order valence-electron chi connectivity index (χ1n) is 8.33. The Labute approximate surface area is 133 Å². The molecule has 0 atom stereocenters. The Hall–Kier alpha value is -1.84. The van der Waals surface area contributed by atoms with E-state index in [1.807, 2.05) is 0 Å². The van der Waals surface area contributed by atoms with Crippen molar-refractivity contribution in [3.63, 3.8) is 0 Å². The van der Waals surface area contributed by atoms with Crippen LogP contribution in [0.4, 0.5) is 5.69 Å². The number of anilines is 1. The lowest BCUT2D eigenvalue weighted by Crippen LogP contribution is -2.17. The zero-order chi connectivity index (χ0) is 16.2. The lowest BCUT2D eigenvalue weighted by Gasteiger charge is -2.08. The molecule has 0 heterocycles. The molecule has 0 aliphatic carbocycles. The number of hydrogen-bond acceptors (Lipinski definition) is 2. The summed E-state index contributed by atoms with van der Waals surface area (Å²) >= 11 is 0. The molecule has 4 heteroatoms. The fourth-order valence-corrected chi connectivity index (χ4v) is 2.44. The van der Waals surface area contributed by atoms with Gasteiger partial charge >= 0.3 is 0 Å². The molecule has 0 saturated heterocycles. The second kappa shape index (κ2) is 10.8. The van der Waals surface area contributed by atoms with E-state index >= 15 is 0 Å². The van der Waals surface area contributed by atoms with Crippen molar-refractivity contribution >= 4 is 17.5 Å². The zero-order valence-corrected chi connectivity index (χ0v) is 13.6. The summed E-state index contributed by atoms with van der Waals surface area (Å²) in [6.07, 6.45) is 10.1. The third-order valence-corrected chi connectivity index (χ3v) is 3.72. The minimum atomic E-state index is -0.525. The Morgan fingerprint density at radius 3 is 2.18 bits per heavy atom. The molecule has 122 valence electrons. The number of nitrogens with two attached hydrogens (primary N) is 1. The number of nitrogens with one attached hydrogen (secondary N) is 1. The summed E-state index contributed by atoms with van der Waals surface area (Å²) in [6, 6.07) is 6.83. The topological polar surface area (TPSA) is 72.2 Å². The number of rotatable bonds is 11. The Morgan fingerprint density at radius 2 is 1.55 bits per heavy atom. The largest absolute Gasteiger partial charge is 0.366 e. The van der Waals surface area contributed by atoms with Crippen molar-refractivity contribution < 1.29 is 9.59 Å². The van der Waals surface area contributed by atoms with Crippen LogP contribution in [0.1, 0.15) is 75.1 Å². The van der Waals surface area contributed by atoms with Crippen LogP contribution in [0.2, 0.25) is 0 Å². The van der Waals surface area contributed by atoms with Crippen molar-refractivity contribution in [1.29, 1.82) is 0 Å². The maximum Gasteiger partial charge on any atom is 0.250 e. The van der Waals surface area contributed by atoms with E-state index in [0.29, 0.717) is 17.7 Å². The van der Waals surface area contributed by atoms with E-state index in [1.54, 1.807) is 24.3 Å². The first kappa shape index (κ1) is 18.2. The Bertz CT molecular complexity index is 472. The highest BCUT2D eigenvalue weighted by atomic mass is 16.2. The van der Waals surface area contributed by atoms with Gasteiger partial charge in [0.2, 0.25) is 5.91 Å². The molecule has 0 unspecified atom stereocenters. The molecule has 0 fully saturated rings. The zero-order valence-electron chi connectivity index (χ0n) is 13.6. The standard InChI is InChI=1S/C18H28N2O2/c1-2-3-4-5-6-7-8-9-14-17(21)20-16-13-11-10-12-15(16)18(19)22/h10-13H,2-9,14H2,1H3,(H2,19,22)(H,20,21). The second-order valence-electron chi connectivity index (χ2n) is 5.68. The molecule has 1 aromatic rings. The van der Waals surface area contributed by atoms with E-state index in [-0.39, 0.29) is 5.91 Å². The molecule has 0 aliphatic heterocycles. The van der Waals surface area contributed by atoms with E-state index in [4.69, 9.17) is 5.73 Å². The predicted octanol–water partition coefficient (Wildman–Crippen LogP) is 4.25. The van der Waals surface area contributed by atoms with Gasteiger partial charge in [-0.05, 0) is 18.6 Å². The molecule has 0 saturated carbocycles. The van der Waals surface area contributed by atoms with Crippen molar-refractivity contribution in [3.05, 3.63) is 29.8 Å². The van der Waals surface area contributed by atoms with Crippen molar-refractivity contribution in [3.8, 4) is 0 Å². The van der Waals surface area contributed by atoms with Crippen molar-refractivity contribution in [2.45, 2.75) is 64.7 Å². The van der Waals surface area contributed by atoms with Gasteiger partial charge in [0.15, 0.2) is 0 Å². The van der Waals surface area contributed by atoms with Crippen LogP contribution in [0.3, 0.4) is 0 Å². The minimum Gasteiger partial charge on any atom is -0.366 e. The summed E-state index contributed by atoms with van der Waals surface area (Å²) in [5, 5.41) is 2.77. The number of hydrogen-bond donors (Lipinski definition) is 2. The predicted molar refractivity (Wildman–Crippen MR) is 90.8 cm³/mol. The van der Waals surface area contributed by atoms with Crippen LogP contribution in [-0.4, -0.2) is 11.8 Å². The van der Waals surface area contributed by atoms with Crippen LogP contribution in [0.25, 0.3) is 0 Å². The number of para-hydroxylation sites is 1. The van der Waals surface area contributed by atoms with Gasteiger partial charge in [-0.1, -0.05) is 64.0 Å². The van der Waals surface area contributed by atoms with Gasteiger partial charge in [0.05, 0.1) is 11.3 Å². The lowest BCUT2D eigenvalue weighted by atomic mass is 10.1. The Morgan fingerprint density at radius 1 is 0.955 bits per heavy atom. The summed E-state index contributed by atoms with van der Waals surface area (Å²) in [6.45, 7) is 2.22. The molecule has 22 heavy (non-hydrogen) atoms. The van der Waals surface area contributed by atoms with Gasteiger partial charge in [-0.3, -0.25) is 9.59 Å². The van der Waals surface area contributed by atoms with Gasteiger partial charge in [-0.2, -0.15) is 0 Å². The first-order valence-corrected chi connectivity index (χ1v) is 8.33. The van der Waals surface area contributed by atoms with E-state index in [0.717, 1.165) is 12.8 Å². The maximum absolute atomic E-state index is 11.9. The highest BCUT2D eigenvalue weighted by Crippen LogP contribution is 2.15. The molecule has 4 nitrogen and oxygen atoms in total. The van der Waals surface area contributed by atoms with E-state index in [2.05, 4.69) is 12.2 Å². The molecule has 0 aliphatic rings. The number of carbonyl (C=O) groups excluding carboxylic acids is 2. The van der Waals surface area contributed by atoms with Crippen LogP contribution in [0.15, 0.2) is 24.3 Å². The van der Waals surface area contributed by atoms with E-state index in [9.17, 15) is 9.59 Å². The summed E-state index contributed by atoms with van der Waals surface area (Å²) < 4.78 is 0. The highest BCUT2D eigenvalue weighted by molar-refractivity contribution is 6.02. The Kier molecular flexibility index (Phi) is 8.96. The van der Waals surface area contributed by atoms with Gasteiger partial charge in [-0.25, -0.2) is 0 Å². The van der Waals surface area contributed by atoms with Crippen molar-refractivity contribution in [1.82, 2.24) is 0 Å². The molecule has 0 radical (unpaired) electrons. The average molecular weight is 304 g/mol. The van der Waals surface area contributed by atoms with Crippen LogP contribution in [0.5, 0.6) is 0 Å². The highest BCUT2D eigenvalue weighted by Gasteiger charge is 2.09. The van der Waals surface area contributed by atoms with Crippen molar-refractivity contribution in [2.24, 2.45) is 5.73 Å². The van der Waals surface area contributed by atoms with Gasteiger partial charge in [-0.15, -0.1) is 0 Å². The van der Waals surface area contributed by atoms with Crippen LogP contribution >= 0.6 is 0 Å². The van der Waals surface area contributed by atoms with Crippen LogP contribution < -0.4 is 11.1 Å². The number of benzene rings is 1. The fraction of sp³-hybridized carbons (Fsp3) is 0.556. The summed E-state index contributed by atoms with van der Waals surface area (Å²) in [5.41, 5.74) is 6.14. The first-order chi connectivity index (χ1) is 10.6. The molecule has 0 spiro atoms. The molecule has 1 aromatic carbocycles. The third kappa shape index (κ3) is 7.25. The monoisotopic (exact) mass is 304 g/mol. The summed E-state index contributed by atoms with van der Waals surface area (Å²) in [7, 11) is 0. The van der Waals surface area contributed by atoms with Gasteiger partial charge < -0.3 is 11.1 Å². The SMILES string of the molecule is CCCCCCCCCCC(=O)Nc1ccccc1C(N)=O. The molecule has 1 rings (SSSR count). The fourth-order valence-electron chi connectivity index (χ4n) is 2.44. The average Bonchev–Trinajstić information content (AvgIpc) is 2.50. The van der Waals surface area contributed by atoms with Crippen molar-refractivity contribution in [2.75, 3.05) is 5.32 Å². The normalized spacial score (nSPS) is 10.4. The number of carbonyl (C=O) groups is 2. The lowest BCUT2D eigenvalue weighted by molar-refractivity contribution is -0.116. The van der Waals surface area contributed by atoms with E-state index in [1.165, 1.54) is 38.5 Å². The van der Waals surface area contributed by atoms with Crippen LogP contribution in [-0.2, 0) is 4.79 Å². The summed E-state index contributed by atoms with van der Waals surface area (Å²) in [4.78, 5) is 23.2. The van der Waals surface area contributed by atoms with Gasteiger partial charge in [0.1, 0.15) is 0 Å². The van der Waals surface area contributed by atoms with E-state index < -0.39 is 5.91 Å². The van der Waals surface area contributed by atoms with Gasteiger partial charge in [0.25, 0.3) is 5.91 Å². The molecular weight excluding hydrogens is 276 g/mol. The molecule has 3 N–H and O–H groups in total. The number of primary amides is 1. The minimum absolute atomic E-state index is 0.0558. The second-order valence-corrected chi connectivity index (χ2v) is 5.68. The Balaban J connectivity index is 2.20. The molecule has 0 aromatic heterocycles. The third-order valence-electron chi connectivity index (χ3n) is 3.72. The number of amides is 2. The molecule has 2 amide bonds. The summed E-state index contributed by atoms with van der Waals surface area (Å²) in [5.74, 6) is -0.581. The smallest absolute Gasteiger partial charge is 0.250 e.